The van der Waals surface area contributed by atoms with Crippen LogP contribution in [0.3, 0.4) is 0 Å². The van der Waals surface area contributed by atoms with Crippen LogP contribution in [0.25, 0.3) is 11.0 Å². The minimum atomic E-state index is -1.78. The molecule has 1 aromatic heterocycles. The maximum Gasteiger partial charge on any atom is 0.298 e. The van der Waals surface area contributed by atoms with Gasteiger partial charge in [-0.25, -0.2) is 4.21 Å². The summed E-state index contributed by atoms with van der Waals surface area (Å²) in [5, 5.41) is 0.810. The molecule has 0 bridgehead atoms. The van der Waals surface area contributed by atoms with Gasteiger partial charge < -0.3 is 14.1 Å². The summed E-state index contributed by atoms with van der Waals surface area (Å²) in [6, 6.07) is 13.0. The van der Waals surface area contributed by atoms with E-state index in [1.165, 1.54) is 0 Å². The number of carbonyl (C=O) groups is 1. The van der Waals surface area contributed by atoms with E-state index in [-0.39, 0.29) is 5.76 Å². The first-order chi connectivity index (χ1) is 14.3. The summed E-state index contributed by atoms with van der Waals surface area (Å²) in [7, 11) is 2.09. The average Bonchev–Trinajstić information content (AvgIpc) is 3.17. The molecule has 2 atom stereocenters. The fourth-order valence-electron chi connectivity index (χ4n) is 3.09. The van der Waals surface area contributed by atoms with E-state index < -0.39 is 16.9 Å². The predicted molar refractivity (Wildman–Crippen MR) is 121 cm³/mol. The molecule has 1 amide bonds. The van der Waals surface area contributed by atoms with Crippen molar-refractivity contribution in [2.24, 2.45) is 0 Å². The molecule has 3 rings (SSSR count). The van der Waals surface area contributed by atoms with Gasteiger partial charge in [-0.1, -0.05) is 19.9 Å². The Kier molecular flexibility index (Phi) is 6.82. The second-order valence-corrected chi connectivity index (χ2v) is 8.56. The molecule has 160 valence electrons. The summed E-state index contributed by atoms with van der Waals surface area (Å²) in [4.78, 5) is 15.1. The molecule has 3 aromatic rings. The highest BCUT2D eigenvalue weighted by atomic mass is 32.2. The quantitative estimate of drug-likeness (QED) is 0.555. The molecular formula is C23H28N2O4S. The van der Waals surface area contributed by atoms with Crippen molar-refractivity contribution in [2.75, 3.05) is 25.6 Å². The summed E-state index contributed by atoms with van der Waals surface area (Å²) in [6.45, 7) is 6.52. The van der Waals surface area contributed by atoms with Crippen LogP contribution in [-0.4, -0.2) is 30.8 Å². The topological polar surface area (TPSA) is 71.8 Å². The van der Waals surface area contributed by atoms with Gasteiger partial charge in [0.1, 0.15) is 16.2 Å². The van der Waals surface area contributed by atoms with E-state index in [1.807, 2.05) is 62.3 Å². The van der Waals surface area contributed by atoms with E-state index in [2.05, 4.69) is 18.6 Å². The number of amides is 1. The largest absolute Gasteiger partial charge is 0.493 e. The standard InChI is InChI=1S/C23H28N2O4S/c1-6-15(3)16-9-11-19(28-7-2)22(13-16)30(27)24-23(26)21-12-17-8-10-18(25(4)5)14-20(17)29-21/h8-15H,6-7H2,1-5H3,(H,24,26). The molecule has 7 heteroatoms. The van der Waals surface area contributed by atoms with Crippen LogP contribution in [-0.2, 0) is 11.0 Å². The number of nitrogens with zero attached hydrogens (tertiary/aromatic N) is 1. The Hall–Kier alpha value is -2.80. The van der Waals surface area contributed by atoms with E-state index in [0.717, 1.165) is 23.1 Å². The van der Waals surface area contributed by atoms with E-state index in [0.29, 0.717) is 28.8 Å². The Balaban J connectivity index is 1.86. The molecule has 0 aliphatic heterocycles. The summed E-state index contributed by atoms with van der Waals surface area (Å²) >= 11 is 0. The lowest BCUT2D eigenvalue weighted by atomic mass is 9.99. The molecule has 0 spiro atoms. The highest BCUT2D eigenvalue weighted by Gasteiger charge is 2.20. The first kappa shape index (κ1) is 21.9. The number of furan rings is 1. The van der Waals surface area contributed by atoms with Gasteiger partial charge in [-0.15, -0.1) is 0 Å². The number of carbonyl (C=O) groups excluding carboxylic acids is 1. The summed E-state index contributed by atoms with van der Waals surface area (Å²) in [5.41, 5.74) is 2.63. The SMILES string of the molecule is CCOc1ccc(C(C)CC)cc1S(=O)NC(=O)c1cc2ccc(N(C)C)cc2o1. The second-order valence-electron chi connectivity index (χ2n) is 7.38. The summed E-state index contributed by atoms with van der Waals surface area (Å²) in [6.07, 6.45) is 0.959. The lowest BCUT2D eigenvalue weighted by Crippen LogP contribution is -2.25. The third-order valence-corrected chi connectivity index (χ3v) is 6.17. The molecular weight excluding hydrogens is 400 g/mol. The van der Waals surface area contributed by atoms with Crippen molar-refractivity contribution in [1.82, 2.24) is 4.72 Å². The first-order valence-corrected chi connectivity index (χ1v) is 11.2. The maximum absolute atomic E-state index is 13.0. The molecule has 0 saturated carbocycles. The Morgan fingerprint density at radius 1 is 1.17 bits per heavy atom. The zero-order valence-electron chi connectivity index (χ0n) is 18.0. The normalized spacial score (nSPS) is 13.1. The van der Waals surface area contributed by atoms with Crippen LogP contribution in [0, 0.1) is 0 Å². The third kappa shape index (κ3) is 4.67. The average molecular weight is 429 g/mol. The van der Waals surface area contributed by atoms with Gasteiger partial charge in [-0.3, -0.25) is 9.52 Å². The van der Waals surface area contributed by atoms with Crippen molar-refractivity contribution >= 4 is 33.5 Å². The number of anilines is 1. The smallest absolute Gasteiger partial charge is 0.298 e. The third-order valence-electron chi connectivity index (χ3n) is 5.08. The summed E-state index contributed by atoms with van der Waals surface area (Å²) < 4.78 is 26.9. The van der Waals surface area contributed by atoms with Crippen LogP contribution in [0.15, 0.2) is 51.8 Å². The molecule has 2 aromatic carbocycles. The molecule has 6 nitrogen and oxygen atoms in total. The van der Waals surface area contributed by atoms with Gasteiger partial charge in [-0.2, -0.15) is 0 Å². The van der Waals surface area contributed by atoms with Crippen molar-refractivity contribution in [2.45, 2.75) is 38.0 Å². The van der Waals surface area contributed by atoms with Gasteiger partial charge in [0.2, 0.25) is 0 Å². The number of hydrogen-bond acceptors (Lipinski definition) is 5. The Morgan fingerprint density at radius 2 is 1.93 bits per heavy atom. The van der Waals surface area contributed by atoms with Crippen LogP contribution in [0.2, 0.25) is 0 Å². The summed E-state index contributed by atoms with van der Waals surface area (Å²) in [5.74, 6) is 0.398. The number of fused-ring (bicyclic) bond motifs is 1. The van der Waals surface area contributed by atoms with Crippen LogP contribution < -0.4 is 14.4 Å². The van der Waals surface area contributed by atoms with Crippen molar-refractivity contribution in [3.05, 3.63) is 53.8 Å². The van der Waals surface area contributed by atoms with Gasteiger partial charge in [0.25, 0.3) is 5.91 Å². The number of ether oxygens (including phenoxy) is 1. The van der Waals surface area contributed by atoms with Gasteiger partial charge in [0, 0.05) is 31.2 Å². The fourth-order valence-corrected chi connectivity index (χ4v) is 4.02. The van der Waals surface area contributed by atoms with Crippen LogP contribution in [0.5, 0.6) is 5.75 Å². The Bertz CT molecular complexity index is 1070. The molecule has 0 radical (unpaired) electrons. The fraction of sp³-hybridized carbons (Fsp3) is 0.348. The highest BCUT2D eigenvalue weighted by molar-refractivity contribution is 7.83. The van der Waals surface area contributed by atoms with E-state index in [4.69, 9.17) is 9.15 Å². The van der Waals surface area contributed by atoms with Crippen molar-refractivity contribution < 1.29 is 18.2 Å². The molecule has 30 heavy (non-hydrogen) atoms. The second kappa shape index (κ2) is 9.34. The maximum atomic E-state index is 13.0. The molecule has 2 unspecified atom stereocenters. The highest BCUT2D eigenvalue weighted by Crippen LogP contribution is 2.29. The number of rotatable bonds is 8. The molecule has 1 heterocycles. The van der Waals surface area contributed by atoms with Gasteiger partial charge in [0.05, 0.1) is 6.61 Å². The molecule has 0 saturated heterocycles. The van der Waals surface area contributed by atoms with Crippen molar-refractivity contribution in [3.8, 4) is 5.75 Å². The Labute approximate surface area is 179 Å². The van der Waals surface area contributed by atoms with Gasteiger partial charge >= 0.3 is 0 Å². The molecule has 0 aliphatic carbocycles. The molecule has 0 aliphatic rings. The van der Waals surface area contributed by atoms with E-state index >= 15 is 0 Å². The number of benzene rings is 2. The van der Waals surface area contributed by atoms with Crippen molar-refractivity contribution in [1.29, 1.82) is 0 Å². The molecule has 1 N–H and O–H groups in total. The van der Waals surface area contributed by atoms with Gasteiger partial charge in [-0.05, 0) is 55.2 Å². The first-order valence-electron chi connectivity index (χ1n) is 10.0. The Morgan fingerprint density at radius 3 is 2.60 bits per heavy atom. The zero-order chi connectivity index (χ0) is 21.8. The van der Waals surface area contributed by atoms with Crippen LogP contribution in [0.1, 0.15) is 49.2 Å². The monoisotopic (exact) mass is 428 g/mol. The van der Waals surface area contributed by atoms with E-state index in [1.54, 1.807) is 6.07 Å². The predicted octanol–water partition coefficient (Wildman–Crippen LogP) is 4.86. The number of hydrogen-bond donors (Lipinski definition) is 1. The lowest BCUT2D eigenvalue weighted by molar-refractivity contribution is 0.0958. The number of nitrogens with one attached hydrogen (secondary N) is 1. The lowest BCUT2D eigenvalue weighted by Gasteiger charge is -2.15. The minimum Gasteiger partial charge on any atom is -0.493 e. The molecule has 0 fully saturated rings. The van der Waals surface area contributed by atoms with Crippen LogP contribution in [0.4, 0.5) is 5.69 Å². The van der Waals surface area contributed by atoms with Gasteiger partial charge in [0.15, 0.2) is 16.7 Å². The van der Waals surface area contributed by atoms with Crippen LogP contribution >= 0.6 is 0 Å². The van der Waals surface area contributed by atoms with Crippen molar-refractivity contribution in [3.63, 3.8) is 0 Å². The zero-order valence-corrected chi connectivity index (χ0v) is 18.8. The van der Waals surface area contributed by atoms with E-state index in [9.17, 15) is 9.00 Å². The minimum absolute atomic E-state index is 0.116.